The van der Waals surface area contributed by atoms with Gasteiger partial charge in [-0.1, -0.05) is 18.2 Å². The van der Waals surface area contributed by atoms with Crippen LogP contribution >= 0.6 is 0 Å². The van der Waals surface area contributed by atoms with Crippen LogP contribution in [-0.2, 0) is 14.3 Å². The highest BCUT2D eigenvalue weighted by Gasteiger charge is 2.10. The lowest BCUT2D eigenvalue weighted by Gasteiger charge is -2.09. The van der Waals surface area contributed by atoms with E-state index in [0.717, 1.165) is 6.07 Å². The summed E-state index contributed by atoms with van der Waals surface area (Å²) in [4.78, 5) is 27.0. The summed E-state index contributed by atoms with van der Waals surface area (Å²) in [5, 5.41) is 2.62. The van der Waals surface area contributed by atoms with E-state index in [9.17, 15) is 18.4 Å². The van der Waals surface area contributed by atoms with Crippen molar-refractivity contribution >= 4 is 17.6 Å². The maximum absolute atomic E-state index is 14.0. The first-order chi connectivity index (χ1) is 13.4. The van der Waals surface area contributed by atoms with Crippen LogP contribution in [0.5, 0.6) is 0 Å². The molecule has 28 heavy (non-hydrogen) atoms. The average molecular weight is 382 g/mol. The fourth-order valence-corrected chi connectivity index (χ4v) is 2.56. The van der Waals surface area contributed by atoms with Crippen LogP contribution in [0.3, 0.4) is 0 Å². The minimum Gasteiger partial charge on any atom is -0.456 e. The molecule has 0 saturated carbocycles. The quantitative estimate of drug-likeness (QED) is 0.672. The zero-order valence-electron chi connectivity index (χ0n) is 14.9. The molecule has 0 aliphatic heterocycles. The first kappa shape index (κ1) is 19.2. The number of anilines is 1. The first-order valence-corrected chi connectivity index (χ1v) is 8.38. The third kappa shape index (κ3) is 4.76. The molecule has 5 nitrogen and oxygen atoms in total. The molecular weight excluding hydrogens is 366 g/mol. The molecule has 0 bridgehead atoms. The monoisotopic (exact) mass is 382 g/mol. The van der Waals surface area contributed by atoms with Crippen LogP contribution in [0.2, 0.25) is 0 Å². The Morgan fingerprint density at radius 3 is 2.50 bits per heavy atom. The number of rotatable bonds is 5. The fourth-order valence-electron chi connectivity index (χ4n) is 2.56. The number of halogens is 2. The molecule has 1 amide bonds. The normalized spacial score (nSPS) is 10.4. The molecule has 0 spiro atoms. The summed E-state index contributed by atoms with van der Waals surface area (Å²) in [7, 11) is 0. The molecule has 2 aromatic carbocycles. The van der Waals surface area contributed by atoms with E-state index in [2.05, 4.69) is 15.0 Å². The Kier molecular flexibility index (Phi) is 5.74. The molecule has 3 rings (SSSR count). The molecule has 0 unspecified atom stereocenters. The maximum Gasteiger partial charge on any atom is 0.303 e. The van der Waals surface area contributed by atoms with Crippen molar-refractivity contribution in [3.63, 3.8) is 0 Å². The maximum atomic E-state index is 14.0. The topological polar surface area (TPSA) is 68.3 Å². The summed E-state index contributed by atoms with van der Waals surface area (Å²) in [6, 6.07) is 15.3. The molecule has 0 radical (unpaired) electrons. The summed E-state index contributed by atoms with van der Waals surface area (Å²) in [6.07, 6.45) is 0. The SMILES string of the molecule is CC(=O)OCC(=O)Nc1cccc(-c2cccc(-c3ccc(F)cc3F)n2)c1. The van der Waals surface area contributed by atoms with Crippen molar-refractivity contribution < 1.29 is 23.1 Å². The van der Waals surface area contributed by atoms with Crippen LogP contribution < -0.4 is 5.32 Å². The van der Waals surface area contributed by atoms with Crippen molar-refractivity contribution in [2.45, 2.75) is 6.92 Å². The van der Waals surface area contributed by atoms with Gasteiger partial charge in [-0.25, -0.2) is 13.8 Å². The van der Waals surface area contributed by atoms with Crippen LogP contribution in [0.15, 0.2) is 60.7 Å². The smallest absolute Gasteiger partial charge is 0.303 e. The van der Waals surface area contributed by atoms with Gasteiger partial charge in [-0.05, 0) is 36.4 Å². The van der Waals surface area contributed by atoms with Crippen LogP contribution in [-0.4, -0.2) is 23.5 Å². The predicted octanol–water partition coefficient (Wildman–Crippen LogP) is 4.20. The number of nitrogens with zero attached hydrogens (tertiary/aromatic N) is 1. The standard InChI is InChI=1S/C21H16F2N2O3/c1-13(26)28-12-21(27)24-16-5-2-4-14(10-16)19-6-3-7-20(25-19)17-9-8-15(22)11-18(17)23/h2-11H,12H2,1H3,(H,24,27). The largest absolute Gasteiger partial charge is 0.456 e. The van der Waals surface area contributed by atoms with Gasteiger partial charge in [0.05, 0.1) is 11.4 Å². The number of hydrogen-bond donors (Lipinski definition) is 1. The van der Waals surface area contributed by atoms with Gasteiger partial charge in [0.2, 0.25) is 0 Å². The van der Waals surface area contributed by atoms with Gasteiger partial charge in [0.25, 0.3) is 5.91 Å². The molecule has 0 aliphatic rings. The van der Waals surface area contributed by atoms with Crippen molar-refractivity contribution in [3.8, 4) is 22.5 Å². The van der Waals surface area contributed by atoms with Crippen molar-refractivity contribution in [2.75, 3.05) is 11.9 Å². The Bertz CT molecular complexity index is 1040. The Labute approximate surface area is 160 Å². The Hall–Kier alpha value is -3.61. The molecule has 0 fully saturated rings. The van der Waals surface area contributed by atoms with Gasteiger partial charge in [0.15, 0.2) is 6.61 Å². The number of benzene rings is 2. The second-order valence-electron chi connectivity index (χ2n) is 5.94. The number of esters is 1. The van der Waals surface area contributed by atoms with Crippen molar-refractivity contribution in [2.24, 2.45) is 0 Å². The minimum atomic E-state index is -0.698. The van der Waals surface area contributed by atoms with E-state index in [1.54, 1.807) is 42.5 Å². The predicted molar refractivity (Wildman–Crippen MR) is 100 cm³/mol. The second-order valence-corrected chi connectivity index (χ2v) is 5.94. The highest BCUT2D eigenvalue weighted by atomic mass is 19.1. The van der Waals surface area contributed by atoms with Gasteiger partial charge < -0.3 is 10.1 Å². The number of ether oxygens (including phenoxy) is 1. The second kappa shape index (κ2) is 8.39. The van der Waals surface area contributed by atoms with Gasteiger partial charge in [0, 0.05) is 29.8 Å². The average Bonchev–Trinajstić information content (AvgIpc) is 2.67. The molecule has 142 valence electrons. The van der Waals surface area contributed by atoms with E-state index in [1.165, 1.54) is 19.1 Å². The number of hydrogen-bond acceptors (Lipinski definition) is 4. The van der Waals surface area contributed by atoms with E-state index in [4.69, 9.17) is 0 Å². The molecule has 1 N–H and O–H groups in total. The van der Waals surface area contributed by atoms with E-state index >= 15 is 0 Å². The number of amides is 1. The number of pyridine rings is 1. The molecule has 0 atom stereocenters. The zero-order chi connectivity index (χ0) is 20.1. The fraction of sp³-hybridized carbons (Fsp3) is 0.0952. The third-order valence-electron chi connectivity index (χ3n) is 3.80. The van der Waals surface area contributed by atoms with Gasteiger partial charge in [-0.2, -0.15) is 0 Å². The van der Waals surface area contributed by atoms with Gasteiger partial charge in [-0.15, -0.1) is 0 Å². The number of carbonyl (C=O) groups is 2. The van der Waals surface area contributed by atoms with Crippen molar-refractivity contribution in [1.29, 1.82) is 0 Å². The van der Waals surface area contributed by atoms with Crippen molar-refractivity contribution in [1.82, 2.24) is 4.98 Å². The molecule has 0 aliphatic carbocycles. The number of aromatic nitrogens is 1. The summed E-state index contributed by atoms with van der Waals surface area (Å²) >= 11 is 0. The van der Waals surface area contributed by atoms with E-state index in [0.29, 0.717) is 22.6 Å². The van der Waals surface area contributed by atoms with E-state index < -0.39 is 23.5 Å². The third-order valence-corrected chi connectivity index (χ3v) is 3.80. The minimum absolute atomic E-state index is 0.189. The molecule has 7 heteroatoms. The van der Waals surface area contributed by atoms with Crippen LogP contribution in [0.25, 0.3) is 22.5 Å². The summed E-state index contributed by atoms with van der Waals surface area (Å²) in [6.45, 7) is 0.841. The highest BCUT2D eigenvalue weighted by molar-refractivity contribution is 5.93. The van der Waals surface area contributed by atoms with Crippen LogP contribution in [0, 0.1) is 11.6 Å². The summed E-state index contributed by atoms with van der Waals surface area (Å²) < 4.78 is 31.8. The van der Waals surface area contributed by atoms with Gasteiger partial charge in [-0.3, -0.25) is 9.59 Å². The Morgan fingerprint density at radius 2 is 1.75 bits per heavy atom. The number of carbonyl (C=O) groups excluding carboxylic acids is 2. The lowest BCUT2D eigenvalue weighted by atomic mass is 10.1. The highest BCUT2D eigenvalue weighted by Crippen LogP contribution is 2.26. The molecular formula is C21H16F2N2O3. The summed E-state index contributed by atoms with van der Waals surface area (Å²) in [5.41, 5.74) is 2.29. The number of nitrogens with one attached hydrogen (secondary N) is 1. The molecule has 3 aromatic rings. The lowest BCUT2D eigenvalue weighted by molar-refractivity contribution is -0.144. The van der Waals surface area contributed by atoms with Crippen molar-refractivity contribution in [3.05, 3.63) is 72.3 Å². The Morgan fingerprint density at radius 1 is 1.00 bits per heavy atom. The van der Waals surface area contributed by atoms with Crippen LogP contribution in [0.4, 0.5) is 14.5 Å². The molecule has 1 heterocycles. The van der Waals surface area contributed by atoms with E-state index in [1.807, 2.05) is 0 Å². The zero-order valence-corrected chi connectivity index (χ0v) is 14.9. The Balaban J connectivity index is 1.84. The molecule has 0 saturated heterocycles. The summed E-state index contributed by atoms with van der Waals surface area (Å²) in [5.74, 6) is -2.37. The van der Waals surface area contributed by atoms with E-state index in [-0.39, 0.29) is 12.2 Å². The van der Waals surface area contributed by atoms with Gasteiger partial charge >= 0.3 is 5.97 Å². The lowest BCUT2D eigenvalue weighted by Crippen LogP contribution is -2.19. The molecule has 1 aromatic heterocycles. The van der Waals surface area contributed by atoms with Gasteiger partial charge in [0.1, 0.15) is 11.6 Å². The first-order valence-electron chi connectivity index (χ1n) is 8.38. The van der Waals surface area contributed by atoms with Crippen LogP contribution in [0.1, 0.15) is 6.92 Å².